The molecule has 3 heterocycles. The second-order valence-electron chi connectivity index (χ2n) is 17.6. The highest BCUT2D eigenvalue weighted by Crippen LogP contribution is 2.41. The van der Waals surface area contributed by atoms with Crippen LogP contribution in [0, 0.1) is 0 Å². The molecule has 1 aliphatic carbocycles. The molecule has 0 saturated heterocycles. The van der Waals surface area contributed by atoms with Gasteiger partial charge < -0.3 is 4.57 Å². The van der Waals surface area contributed by atoms with E-state index < -0.39 is 0 Å². The molecule has 1 aliphatic rings. The summed E-state index contributed by atoms with van der Waals surface area (Å²) in [5.74, 6) is 1.15. The van der Waals surface area contributed by atoms with Gasteiger partial charge in [-0.3, -0.25) is 4.40 Å². The molecule has 4 heteroatoms. The normalized spacial score (nSPS) is 14.6. The minimum Gasteiger partial charge on any atom is -0.310 e. The molecule has 1 unspecified atom stereocenters. The summed E-state index contributed by atoms with van der Waals surface area (Å²) in [5, 5.41) is 14.3. The van der Waals surface area contributed by atoms with Crippen molar-refractivity contribution in [3.63, 3.8) is 0 Å². The molecule has 0 amide bonds. The first-order valence-electron chi connectivity index (χ1n) is 19.9. The van der Waals surface area contributed by atoms with E-state index in [2.05, 4.69) is 202 Å². The predicted octanol–water partition coefficient (Wildman–Crippen LogP) is 13.3. The Labute approximate surface area is 328 Å². The molecule has 0 fully saturated rings. The van der Waals surface area contributed by atoms with E-state index in [-0.39, 0.29) is 10.8 Å². The fourth-order valence-electron chi connectivity index (χ4n) is 8.78. The van der Waals surface area contributed by atoms with Crippen molar-refractivity contribution in [2.24, 2.45) is 0 Å². The quantitative estimate of drug-likeness (QED) is 0.169. The van der Waals surface area contributed by atoms with E-state index in [0.29, 0.717) is 5.92 Å². The van der Waals surface area contributed by atoms with Crippen LogP contribution in [-0.2, 0) is 17.3 Å². The van der Waals surface area contributed by atoms with Crippen LogP contribution in [0.25, 0.3) is 72.5 Å². The standard InChI is InChI=1S/C52H46N4/c1-51(2,3)38-23-15-33(16-24-38)36-21-29-47-44(31-36)45-32-37(34-17-25-39(26-18-34)52(4,5)6)22-30-48(45)55(47)40-27-19-35(20-28-40)49-53-54-50-43-13-8-7-11-41(43)42-12-9-10-14-46(42)56(49)50/h7-31,37H,32H2,1-6H3. The minimum atomic E-state index is 0.115. The van der Waals surface area contributed by atoms with Crippen molar-refractivity contribution in [1.29, 1.82) is 0 Å². The Bertz CT molecular complexity index is 2980. The van der Waals surface area contributed by atoms with Crippen molar-refractivity contribution in [3.8, 4) is 28.2 Å². The Hall–Kier alpha value is -6.26. The summed E-state index contributed by atoms with van der Waals surface area (Å²) in [5.41, 5.74) is 14.8. The average Bonchev–Trinajstić information content (AvgIpc) is 3.80. The average molecular weight is 727 g/mol. The molecule has 6 aromatic carbocycles. The molecule has 9 aromatic rings. The molecule has 4 nitrogen and oxygen atoms in total. The maximum Gasteiger partial charge on any atom is 0.169 e. The Morgan fingerprint density at radius 3 is 1.84 bits per heavy atom. The first-order chi connectivity index (χ1) is 27.0. The van der Waals surface area contributed by atoms with Gasteiger partial charge in [-0.2, -0.15) is 0 Å². The van der Waals surface area contributed by atoms with E-state index in [0.717, 1.165) is 40.0 Å². The van der Waals surface area contributed by atoms with Crippen LogP contribution in [0.3, 0.4) is 0 Å². The molecule has 56 heavy (non-hydrogen) atoms. The summed E-state index contributed by atoms with van der Waals surface area (Å²) in [7, 11) is 0. The van der Waals surface area contributed by atoms with E-state index in [1.165, 1.54) is 60.8 Å². The summed E-state index contributed by atoms with van der Waals surface area (Å²) in [6.07, 6.45) is 5.71. The predicted molar refractivity (Wildman–Crippen MR) is 235 cm³/mol. The summed E-state index contributed by atoms with van der Waals surface area (Å²) >= 11 is 0. The third kappa shape index (κ3) is 5.58. The van der Waals surface area contributed by atoms with Gasteiger partial charge >= 0.3 is 0 Å². The molecule has 0 saturated carbocycles. The monoisotopic (exact) mass is 726 g/mol. The highest BCUT2D eigenvalue weighted by atomic mass is 15.2. The van der Waals surface area contributed by atoms with Gasteiger partial charge in [0, 0.05) is 39.0 Å². The van der Waals surface area contributed by atoms with Gasteiger partial charge in [-0.1, -0.05) is 145 Å². The first-order valence-corrected chi connectivity index (χ1v) is 19.9. The molecule has 0 aliphatic heterocycles. The van der Waals surface area contributed by atoms with Crippen molar-refractivity contribution in [2.75, 3.05) is 0 Å². The van der Waals surface area contributed by atoms with Gasteiger partial charge in [0.15, 0.2) is 11.5 Å². The molecule has 0 bridgehead atoms. The summed E-state index contributed by atoms with van der Waals surface area (Å²) in [6.45, 7) is 13.7. The van der Waals surface area contributed by atoms with Crippen LogP contribution in [0.1, 0.15) is 75.4 Å². The Kier molecular flexibility index (Phi) is 7.73. The number of nitrogens with zero attached hydrogens (tertiary/aromatic N) is 4. The van der Waals surface area contributed by atoms with E-state index in [4.69, 9.17) is 10.2 Å². The fourth-order valence-corrected chi connectivity index (χ4v) is 8.78. The molecule has 0 spiro atoms. The zero-order valence-corrected chi connectivity index (χ0v) is 33.0. The zero-order valence-electron chi connectivity index (χ0n) is 33.0. The van der Waals surface area contributed by atoms with Crippen molar-refractivity contribution < 1.29 is 0 Å². The SMILES string of the molecule is CC(C)(C)c1ccc(-c2ccc3c(c2)c2c(n3-c3ccc(-c4nnc5c6ccccc6c6ccccc6n45)cc3)C=CC(c3ccc(C(C)(C)C)cc3)C2)cc1. The fraction of sp³-hybridized carbons (Fsp3) is 0.192. The summed E-state index contributed by atoms with van der Waals surface area (Å²) < 4.78 is 4.66. The van der Waals surface area contributed by atoms with Crippen molar-refractivity contribution in [2.45, 2.75) is 64.7 Å². The van der Waals surface area contributed by atoms with Gasteiger partial charge in [0.25, 0.3) is 0 Å². The van der Waals surface area contributed by atoms with Crippen LogP contribution >= 0.6 is 0 Å². The number of benzene rings is 6. The molecule has 0 radical (unpaired) electrons. The minimum absolute atomic E-state index is 0.115. The van der Waals surface area contributed by atoms with Gasteiger partial charge in [0.1, 0.15) is 0 Å². The van der Waals surface area contributed by atoms with Crippen LogP contribution in [0.5, 0.6) is 0 Å². The lowest BCUT2D eigenvalue weighted by Gasteiger charge is -2.22. The summed E-state index contributed by atoms with van der Waals surface area (Å²) in [4.78, 5) is 0. The van der Waals surface area contributed by atoms with E-state index >= 15 is 0 Å². The topological polar surface area (TPSA) is 35.1 Å². The number of allylic oxidation sites excluding steroid dienone is 1. The maximum absolute atomic E-state index is 4.79. The Morgan fingerprint density at radius 1 is 0.536 bits per heavy atom. The summed E-state index contributed by atoms with van der Waals surface area (Å²) in [6, 6.07) is 51.4. The molecule has 0 N–H and O–H groups in total. The van der Waals surface area contributed by atoms with Gasteiger partial charge in [-0.05, 0) is 105 Å². The number of pyridine rings is 1. The lowest BCUT2D eigenvalue weighted by Crippen LogP contribution is -2.12. The Morgan fingerprint density at radius 2 is 1.14 bits per heavy atom. The number of para-hydroxylation sites is 1. The molecular weight excluding hydrogens is 681 g/mol. The second-order valence-corrected chi connectivity index (χ2v) is 17.6. The van der Waals surface area contributed by atoms with Crippen LogP contribution in [-0.4, -0.2) is 19.2 Å². The van der Waals surface area contributed by atoms with E-state index in [1.54, 1.807) is 0 Å². The van der Waals surface area contributed by atoms with Crippen LogP contribution in [0.15, 0.2) is 146 Å². The van der Waals surface area contributed by atoms with Crippen LogP contribution in [0.4, 0.5) is 0 Å². The third-order valence-corrected chi connectivity index (χ3v) is 12.0. The van der Waals surface area contributed by atoms with Crippen molar-refractivity contribution in [3.05, 3.63) is 174 Å². The highest BCUT2D eigenvalue weighted by molar-refractivity contribution is 6.12. The number of fused-ring (bicyclic) bond motifs is 9. The van der Waals surface area contributed by atoms with Crippen LogP contribution in [0.2, 0.25) is 0 Å². The number of aromatic nitrogens is 4. The highest BCUT2D eigenvalue weighted by Gasteiger charge is 2.25. The van der Waals surface area contributed by atoms with Gasteiger partial charge in [-0.25, -0.2) is 0 Å². The second kappa shape index (κ2) is 12.6. The number of hydrogen-bond acceptors (Lipinski definition) is 2. The third-order valence-electron chi connectivity index (χ3n) is 12.0. The molecule has 3 aromatic heterocycles. The first kappa shape index (κ1) is 34.2. The van der Waals surface area contributed by atoms with Crippen molar-refractivity contribution >= 4 is 44.3 Å². The molecular formula is C52H46N4. The van der Waals surface area contributed by atoms with E-state index in [1.807, 2.05) is 0 Å². The van der Waals surface area contributed by atoms with Gasteiger partial charge in [0.05, 0.1) is 11.0 Å². The van der Waals surface area contributed by atoms with E-state index in [9.17, 15) is 0 Å². The van der Waals surface area contributed by atoms with Gasteiger partial charge in [0.2, 0.25) is 0 Å². The largest absolute Gasteiger partial charge is 0.310 e. The maximum atomic E-state index is 4.79. The molecule has 1 atom stereocenters. The number of hydrogen-bond donors (Lipinski definition) is 0. The Balaban J connectivity index is 1.09. The molecule has 10 rings (SSSR count). The lowest BCUT2D eigenvalue weighted by molar-refractivity contribution is 0.589. The van der Waals surface area contributed by atoms with Crippen LogP contribution < -0.4 is 0 Å². The lowest BCUT2D eigenvalue weighted by atomic mass is 9.83. The molecule has 274 valence electrons. The van der Waals surface area contributed by atoms with Crippen molar-refractivity contribution in [1.82, 2.24) is 19.2 Å². The zero-order chi connectivity index (χ0) is 38.3. The van der Waals surface area contributed by atoms with Gasteiger partial charge in [-0.15, -0.1) is 10.2 Å². The smallest absolute Gasteiger partial charge is 0.169 e. The number of rotatable bonds is 4.